The van der Waals surface area contributed by atoms with E-state index in [1.807, 2.05) is 37.3 Å². The number of anilines is 1. The van der Waals surface area contributed by atoms with Gasteiger partial charge >= 0.3 is 0 Å². The van der Waals surface area contributed by atoms with Crippen LogP contribution in [0.2, 0.25) is 0 Å². The largest absolute Gasteiger partial charge is 0.393 e. The molecule has 3 nitrogen and oxygen atoms in total. The van der Waals surface area contributed by atoms with E-state index in [1.165, 1.54) is 0 Å². The highest BCUT2D eigenvalue weighted by Gasteiger charge is 2.12. The number of benzene rings is 1. The minimum atomic E-state index is -0.107. The number of nitrogens with one attached hydrogen (secondary N) is 1. The Labute approximate surface area is 111 Å². The van der Waals surface area contributed by atoms with Crippen LogP contribution in [0.3, 0.4) is 0 Å². The van der Waals surface area contributed by atoms with Gasteiger partial charge in [-0.25, -0.2) is 0 Å². The van der Waals surface area contributed by atoms with Gasteiger partial charge in [0.15, 0.2) is 0 Å². The van der Waals surface area contributed by atoms with Gasteiger partial charge in [0.2, 0.25) is 5.91 Å². The van der Waals surface area contributed by atoms with Crippen LogP contribution < -0.4 is 11.1 Å². The fourth-order valence-electron chi connectivity index (χ4n) is 1.18. The quantitative estimate of drug-likeness (QED) is 0.778. The first-order chi connectivity index (χ1) is 8.09. The molecule has 0 bridgehead atoms. The zero-order chi connectivity index (χ0) is 12.7. The molecule has 17 heavy (non-hydrogen) atoms. The molecule has 0 fully saturated rings. The molecule has 1 rings (SSSR count). The van der Waals surface area contributed by atoms with E-state index in [4.69, 9.17) is 18.0 Å². The first kappa shape index (κ1) is 14.0. The number of rotatable bonds is 6. The summed E-state index contributed by atoms with van der Waals surface area (Å²) in [5, 5.41) is 2.75. The molecule has 1 atom stereocenters. The molecule has 0 spiro atoms. The number of hydrogen-bond acceptors (Lipinski definition) is 3. The molecule has 1 aromatic rings. The molecule has 0 aliphatic carbocycles. The lowest BCUT2D eigenvalue weighted by Crippen LogP contribution is -2.23. The molecule has 0 heterocycles. The Kier molecular flexibility index (Phi) is 6.00. The first-order valence-corrected chi connectivity index (χ1v) is 6.81. The van der Waals surface area contributed by atoms with Crippen molar-refractivity contribution >= 4 is 40.6 Å². The number of carbonyl (C=O) groups is 1. The molecular weight excluding hydrogens is 252 g/mol. The lowest BCUT2D eigenvalue weighted by atomic mass is 10.3. The van der Waals surface area contributed by atoms with Gasteiger partial charge in [-0.3, -0.25) is 4.79 Å². The summed E-state index contributed by atoms with van der Waals surface area (Å²) < 4.78 is 0. The smallest absolute Gasteiger partial charge is 0.237 e. The molecule has 0 radical (unpaired) electrons. The molecule has 0 saturated heterocycles. The van der Waals surface area contributed by atoms with Crippen LogP contribution in [0.15, 0.2) is 30.3 Å². The van der Waals surface area contributed by atoms with Crippen LogP contribution in [0.1, 0.15) is 13.3 Å². The van der Waals surface area contributed by atoms with Crippen LogP contribution in [-0.4, -0.2) is 21.9 Å². The van der Waals surface area contributed by atoms with Gasteiger partial charge in [0, 0.05) is 17.9 Å². The molecule has 1 aromatic carbocycles. The van der Waals surface area contributed by atoms with Crippen molar-refractivity contribution in [2.24, 2.45) is 5.73 Å². The molecular formula is C12H16N2OS2. The van der Waals surface area contributed by atoms with Crippen LogP contribution in [0.5, 0.6) is 0 Å². The Balaban J connectivity index is 2.34. The maximum Gasteiger partial charge on any atom is 0.237 e. The maximum atomic E-state index is 11.8. The molecule has 0 aliphatic rings. The van der Waals surface area contributed by atoms with Gasteiger partial charge in [0.05, 0.1) is 10.2 Å². The molecule has 0 aliphatic heterocycles. The molecule has 92 valence electrons. The average Bonchev–Trinajstić information content (AvgIpc) is 2.29. The molecule has 1 unspecified atom stereocenters. The van der Waals surface area contributed by atoms with E-state index in [9.17, 15) is 4.79 Å². The third-order valence-electron chi connectivity index (χ3n) is 2.13. The van der Waals surface area contributed by atoms with Crippen molar-refractivity contribution in [3.63, 3.8) is 0 Å². The highest BCUT2D eigenvalue weighted by molar-refractivity contribution is 8.00. The summed E-state index contributed by atoms with van der Waals surface area (Å²) >= 11 is 6.33. The molecule has 5 heteroatoms. The lowest BCUT2D eigenvalue weighted by Gasteiger charge is -2.11. The summed E-state index contributed by atoms with van der Waals surface area (Å²) in [6.45, 7) is 1.88. The second-order valence-corrected chi connectivity index (χ2v) is 5.56. The third-order valence-corrected chi connectivity index (χ3v) is 3.48. The van der Waals surface area contributed by atoms with Crippen LogP contribution in [-0.2, 0) is 4.79 Å². The van der Waals surface area contributed by atoms with E-state index >= 15 is 0 Å². The fraction of sp³-hybridized carbons (Fsp3) is 0.333. The predicted molar refractivity (Wildman–Crippen MR) is 78.4 cm³/mol. The second-order valence-electron chi connectivity index (χ2n) is 3.58. The van der Waals surface area contributed by atoms with Crippen LogP contribution in [0, 0.1) is 0 Å². The van der Waals surface area contributed by atoms with Crippen LogP contribution >= 0.6 is 24.0 Å². The molecule has 0 aromatic heterocycles. The number of amides is 1. The topological polar surface area (TPSA) is 55.1 Å². The Morgan fingerprint density at radius 1 is 1.47 bits per heavy atom. The van der Waals surface area contributed by atoms with Crippen molar-refractivity contribution in [2.75, 3.05) is 11.1 Å². The minimum absolute atomic E-state index is 0.00383. The van der Waals surface area contributed by atoms with Crippen LogP contribution in [0.4, 0.5) is 5.69 Å². The molecule has 3 N–H and O–H groups in total. The summed E-state index contributed by atoms with van der Waals surface area (Å²) in [5.74, 6) is 0.780. The molecule has 0 saturated carbocycles. The van der Waals surface area contributed by atoms with Gasteiger partial charge in [-0.05, 0) is 19.1 Å². The number of thioether (sulfide) groups is 1. The van der Waals surface area contributed by atoms with Gasteiger partial charge in [0.1, 0.15) is 0 Å². The average molecular weight is 268 g/mol. The summed E-state index contributed by atoms with van der Waals surface area (Å²) in [5.41, 5.74) is 6.21. The third kappa shape index (κ3) is 5.70. The zero-order valence-corrected chi connectivity index (χ0v) is 11.3. The van der Waals surface area contributed by atoms with Gasteiger partial charge in [-0.2, -0.15) is 0 Å². The summed E-state index contributed by atoms with van der Waals surface area (Å²) in [6.07, 6.45) is 0.670. The normalized spacial score (nSPS) is 11.8. The van der Waals surface area contributed by atoms with E-state index in [0.717, 1.165) is 11.4 Å². The first-order valence-electron chi connectivity index (χ1n) is 5.35. The number of hydrogen-bond donors (Lipinski definition) is 2. The van der Waals surface area contributed by atoms with E-state index in [0.29, 0.717) is 11.4 Å². The van der Waals surface area contributed by atoms with Crippen molar-refractivity contribution in [1.29, 1.82) is 0 Å². The summed E-state index contributed by atoms with van der Waals surface area (Å²) in [7, 11) is 0. The van der Waals surface area contributed by atoms with E-state index < -0.39 is 0 Å². The van der Waals surface area contributed by atoms with E-state index in [2.05, 4.69) is 5.32 Å². The van der Waals surface area contributed by atoms with Crippen molar-refractivity contribution in [1.82, 2.24) is 0 Å². The highest BCUT2D eigenvalue weighted by atomic mass is 32.2. The van der Waals surface area contributed by atoms with Crippen molar-refractivity contribution in [3.05, 3.63) is 30.3 Å². The number of thiocarbonyl (C=S) groups is 1. The maximum absolute atomic E-state index is 11.8. The van der Waals surface area contributed by atoms with Gasteiger partial charge in [-0.1, -0.05) is 30.4 Å². The Bertz CT molecular complexity index is 381. The lowest BCUT2D eigenvalue weighted by molar-refractivity contribution is -0.115. The van der Waals surface area contributed by atoms with Gasteiger partial charge < -0.3 is 11.1 Å². The number of para-hydroxylation sites is 1. The Morgan fingerprint density at radius 2 is 2.12 bits per heavy atom. The van der Waals surface area contributed by atoms with Crippen LogP contribution in [0.25, 0.3) is 0 Å². The number of nitrogens with two attached hydrogens (primary N) is 1. The monoisotopic (exact) mass is 268 g/mol. The van der Waals surface area contributed by atoms with Crippen molar-refractivity contribution < 1.29 is 4.79 Å². The Morgan fingerprint density at radius 3 is 2.71 bits per heavy atom. The van der Waals surface area contributed by atoms with Gasteiger partial charge in [0.25, 0.3) is 0 Å². The standard InChI is InChI=1S/C12H16N2OS2/c1-9(17-8-7-11(13)16)12(15)14-10-5-3-2-4-6-10/h2-6,9H,7-8H2,1H3,(H2,13,16)(H,14,15). The zero-order valence-electron chi connectivity index (χ0n) is 9.68. The van der Waals surface area contributed by atoms with Crippen molar-refractivity contribution in [3.8, 4) is 0 Å². The van der Waals surface area contributed by atoms with E-state index in [-0.39, 0.29) is 11.2 Å². The minimum Gasteiger partial charge on any atom is -0.393 e. The highest BCUT2D eigenvalue weighted by Crippen LogP contribution is 2.14. The number of carbonyl (C=O) groups excluding carboxylic acids is 1. The predicted octanol–water partition coefficient (Wildman–Crippen LogP) is 2.42. The summed E-state index contributed by atoms with van der Waals surface area (Å²) in [4.78, 5) is 12.3. The second kappa shape index (κ2) is 7.29. The van der Waals surface area contributed by atoms with E-state index in [1.54, 1.807) is 11.8 Å². The SMILES string of the molecule is CC(SCCC(N)=S)C(=O)Nc1ccccc1. The van der Waals surface area contributed by atoms with Crippen molar-refractivity contribution in [2.45, 2.75) is 18.6 Å². The Hall–Kier alpha value is -1.07. The van der Waals surface area contributed by atoms with Gasteiger partial charge in [-0.15, -0.1) is 11.8 Å². The molecule has 1 amide bonds. The fourth-order valence-corrected chi connectivity index (χ4v) is 2.31. The summed E-state index contributed by atoms with van der Waals surface area (Å²) in [6, 6.07) is 9.42.